The standard InChI is InChI=1S/C10H10FIN2S.HI/c11-7-1-3-8(4-2-7)14-10-13-6-9(5-12)15-10;/h1-4,9H,5-6H2,(H,13,14);1H. The van der Waals surface area contributed by atoms with Gasteiger partial charge in [0.05, 0.1) is 11.8 Å². The molecular weight excluding hydrogens is 453 g/mol. The zero-order valence-corrected chi connectivity index (χ0v) is 13.5. The van der Waals surface area contributed by atoms with Crippen molar-refractivity contribution in [1.29, 1.82) is 0 Å². The van der Waals surface area contributed by atoms with Gasteiger partial charge in [-0.25, -0.2) is 9.71 Å². The quantitative estimate of drug-likeness (QED) is 0.401. The lowest BCUT2D eigenvalue weighted by Crippen LogP contribution is -3.00. The molecular formula is C10H11FI2N2S. The van der Waals surface area contributed by atoms with Crippen LogP contribution in [0.4, 0.5) is 10.1 Å². The Morgan fingerprint density at radius 3 is 2.69 bits per heavy atom. The van der Waals surface area contributed by atoms with E-state index in [-0.39, 0.29) is 29.8 Å². The van der Waals surface area contributed by atoms with Crippen LogP contribution in [0.2, 0.25) is 0 Å². The van der Waals surface area contributed by atoms with Crippen LogP contribution < -0.4 is 34.3 Å². The van der Waals surface area contributed by atoms with Gasteiger partial charge in [0.15, 0.2) is 0 Å². The molecule has 1 aliphatic rings. The van der Waals surface area contributed by atoms with Gasteiger partial charge in [-0.15, -0.1) is 0 Å². The Labute approximate surface area is 129 Å². The van der Waals surface area contributed by atoms with Gasteiger partial charge >= 0.3 is 5.17 Å². The highest BCUT2D eigenvalue weighted by molar-refractivity contribution is 14.1. The van der Waals surface area contributed by atoms with E-state index in [1.54, 1.807) is 23.9 Å². The van der Waals surface area contributed by atoms with Gasteiger partial charge in [-0.05, 0) is 36.0 Å². The Bertz CT molecular complexity index is 370. The molecule has 0 aliphatic carbocycles. The summed E-state index contributed by atoms with van der Waals surface area (Å²) >= 11 is 4.19. The highest BCUT2D eigenvalue weighted by Gasteiger charge is 2.23. The molecule has 6 heteroatoms. The topological polar surface area (TPSA) is 26.0 Å². The molecule has 16 heavy (non-hydrogen) atoms. The first-order valence-corrected chi connectivity index (χ1v) is 7.04. The summed E-state index contributed by atoms with van der Waals surface area (Å²) < 4.78 is 13.8. The average Bonchev–Trinajstić information content (AvgIpc) is 2.69. The molecule has 0 radical (unpaired) electrons. The van der Waals surface area contributed by atoms with E-state index in [0.717, 1.165) is 21.8 Å². The number of hydrogen-bond acceptors (Lipinski definition) is 2. The maximum Gasteiger partial charge on any atom is 0.309 e. The van der Waals surface area contributed by atoms with Gasteiger partial charge in [0.2, 0.25) is 0 Å². The van der Waals surface area contributed by atoms with Crippen molar-refractivity contribution in [1.82, 2.24) is 0 Å². The van der Waals surface area contributed by atoms with Gasteiger partial charge in [-0.2, -0.15) is 0 Å². The molecule has 0 spiro atoms. The second-order valence-corrected chi connectivity index (χ2v) is 5.43. The third-order valence-corrected chi connectivity index (χ3v) is 4.86. The molecule has 2 rings (SSSR count). The van der Waals surface area contributed by atoms with Crippen LogP contribution in [-0.2, 0) is 0 Å². The molecule has 0 fully saturated rings. The fourth-order valence-electron chi connectivity index (χ4n) is 1.28. The molecule has 1 aromatic rings. The van der Waals surface area contributed by atoms with E-state index in [4.69, 9.17) is 0 Å². The first-order valence-electron chi connectivity index (χ1n) is 4.64. The molecule has 0 saturated heterocycles. The number of rotatable bonds is 2. The van der Waals surface area contributed by atoms with Crippen LogP contribution in [0.3, 0.4) is 0 Å². The summed E-state index contributed by atoms with van der Waals surface area (Å²) in [7, 11) is 0. The van der Waals surface area contributed by atoms with Crippen LogP contribution in [0.25, 0.3) is 0 Å². The van der Waals surface area contributed by atoms with Gasteiger partial charge in [-0.1, -0.05) is 22.6 Å². The average molecular weight is 464 g/mol. The van der Waals surface area contributed by atoms with Crippen LogP contribution in [-0.4, -0.2) is 21.4 Å². The van der Waals surface area contributed by atoms with E-state index in [9.17, 15) is 4.39 Å². The minimum atomic E-state index is -0.206. The number of amidine groups is 1. The van der Waals surface area contributed by atoms with Crippen molar-refractivity contribution in [3.63, 3.8) is 0 Å². The molecule has 0 amide bonds. The number of alkyl halides is 1. The van der Waals surface area contributed by atoms with Crippen molar-refractivity contribution in [2.24, 2.45) is 0 Å². The lowest BCUT2D eigenvalue weighted by molar-refractivity contribution is -0.448. The number of thioether (sulfide) groups is 1. The summed E-state index contributed by atoms with van der Waals surface area (Å²) in [5, 5.41) is 4.92. The summed E-state index contributed by atoms with van der Waals surface area (Å²) in [6.07, 6.45) is 0. The van der Waals surface area contributed by atoms with Crippen LogP contribution in [0.1, 0.15) is 0 Å². The van der Waals surface area contributed by atoms with Gasteiger partial charge < -0.3 is 24.0 Å². The molecule has 88 valence electrons. The zero-order valence-electron chi connectivity index (χ0n) is 8.34. The second kappa shape index (κ2) is 7.00. The molecule has 2 N–H and O–H groups in total. The Kier molecular flexibility index (Phi) is 6.34. The normalized spacial score (nSPS) is 18.9. The Hall–Kier alpha value is 0.430. The molecule has 0 aromatic heterocycles. The van der Waals surface area contributed by atoms with E-state index in [1.807, 2.05) is 0 Å². The highest BCUT2D eigenvalue weighted by atomic mass is 127. The molecule has 0 bridgehead atoms. The molecule has 1 unspecified atom stereocenters. The van der Waals surface area contributed by atoms with Crippen LogP contribution in [0, 0.1) is 5.82 Å². The maximum absolute atomic E-state index is 12.7. The first-order chi connectivity index (χ1) is 7.28. The lowest BCUT2D eigenvalue weighted by Gasteiger charge is -1.99. The fraction of sp³-hybridized carbons (Fsp3) is 0.300. The highest BCUT2D eigenvalue weighted by Crippen LogP contribution is 2.17. The molecule has 2 nitrogen and oxygen atoms in total. The van der Waals surface area contributed by atoms with Gasteiger partial charge in [-0.3, -0.25) is 4.99 Å². The number of hydrogen-bond donors (Lipinski definition) is 2. The Morgan fingerprint density at radius 2 is 2.12 bits per heavy atom. The molecule has 1 aliphatic heterocycles. The van der Waals surface area contributed by atoms with Crippen LogP contribution >= 0.6 is 34.4 Å². The molecule has 1 atom stereocenters. The van der Waals surface area contributed by atoms with E-state index in [0.29, 0.717) is 5.25 Å². The number of nitrogens with one attached hydrogen (secondary N) is 2. The van der Waals surface area contributed by atoms with Gasteiger partial charge in [0.1, 0.15) is 11.5 Å². The van der Waals surface area contributed by atoms with Crippen molar-refractivity contribution < 1.29 is 33.4 Å². The van der Waals surface area contributed by atoms with Crippen molar-refractivity contribution >= 4 is 45.2 Å². The Morgan fingerprint density at radius 1 is 1.44 bits per heavy atom. The lowest BCUT2D eigenvalue weighted by atomic mass is 10.3. The molecule has 0 saturated carbocycles. The third kappa shape index (κ3) is 4.02. The fourth-order valence-corrected chi connectivity index (χ4v) is 3.04. The van der Waals surface area contributed by atoms with Crippen molar-refractivity contribution in [2.75, 3.05) is 16.3 Å². The van der Waals surface area contributed by atoms with E-state index in [1.165, 1.54) is 12.1 Å². The largest absolute Gasteiger partial charge is 1.00 e. The second-order valence-electron chi connectivity index (χ2n) is 3.24. The Balaban J connectivity index is 0.00000128. The van der Waals surface area contributed by atoms with E-state index >= 15 is 0 Å². The van der Waals surface area contributed by atoms with Crippen LogP contribution in [0.5, 0.6) is 0 Å². The summed E-state index contributed by atoms with van der Waals surface area (Å²) in [5.41, 5.74) is 0.917. The summed E-state index contributed by atoms with van der Waals surface area (Å²) in [6, 6.07) is 6.39. The summed E-state index contributed by atoms with van der Waals surface area (Å²) in [5.74, 6) is -0.206. The SMILES string of the molecule is Fc1ccc(NC2=[NH+]CC(CI)S2)cc1.[I-]. The molecule has 1 heterocycles. The third-order valence-electron chi connectivity index (χ3n) is 2.05. The van der Waals surface area contributed by atoms with Crippen molar-refractivity contribution in [3.8, 4) is 0 Å². The summed E-state index contributed by atoms with van der Waals surface area (Å²) in [4.78, 5) is 3.29. The minimum absolute atomic E-state index is 0. The number of benzene rings is 1. The number of halogens is 3. The maximum atomic E-state index is 12.7. The summed E-state index contributed by atoms with van der Waals surface area (Å²) in [6.45, 7) is 0.997. The monoisotopic (exact) mass is 464 g/mol. The van der Waals surface area contributed by atoms with Crippen molar-refractivity contribution in [2.45, 2.75) is 5.25 Å². The number of anilines is 1. The smallest absolute Gasteiger partial charge is 0.309 e. The molecule has 1 aromatic carbocycles. The van der Waals surface area contributed by atoms with E-state index < -0.39 is 0 Å². The van der Waals surface area contributed by atoms with Crippen LogP contribution in [0.15, 0.2) is 24.3 Å². The van der Waals surface area contributed by atoms with E-state index in [2.05, 4.69) is 32.9 Å². The van der Waals surface area contributed by atoms with Crippen molar-refractivity contribution in [3.05, 3.63) is 30.1 Å². The zero-order chi connectivity index (χ0) is 10.7. The predicted octanol–water partition coefficient (Wildman–Crippen LogP) is -1.77. The van der Waals surface area contributed by atoms with Gasteiger partial charge in [0.25, 0.3) is 0 Å². The van der Waals surface area contributed by atoms with Gasteiger partial charge in [0, 0.05) is 4.43 Å². The minimum Gasteiger partial charge on any atom is -1.00 e. The predicted molar refractivity (Wildman–Crippen MR) is 71.1 cm³/mol. The first kappa shape index (κ1) is 14.5.